The number of benzene rings is 4. The summed E-state index contributed by atoms with van der Waals surface area (Å²) in [6, 6.07) is 29.6. The van der Waals surface area contributed by atoms with Crippen molar-refractivity contribution in [3.63, 3.8) is 0 Å². The van der Waals surface area contributed by atoms with Gasteiger partial charge >= 0.3 is 0 Å². The summed E-state index contributed by atoms with van der Waals surface area (Å²) in [7, 11) is 8.20. The van der Waals surface area contributed by atoms with E-state index >= 15 is 0 Å². The number of rotatable bonds is 2. The van der Waals surface area contributed by atoms with Gasteiger partial charge in [0.1, 0.15) is 14.0 Å². The van der Waals surface area contributed by atoms with E-state index in [1.807, 2.05) is 24.5 Å². The van der Waals surface area contributed by atoms with Crippen LogP contribution in [0, 0.1) is 0 Å². The Bertz CT molecular complexity index is 1410. The molecule has 0 saturated heterocycles. The number of aromatic nitrogens is 1. The molecule has 1 unspecified atom stereocenters. The summed E-state index contributed by atoms with van der Waals surface area (Å²) in [5.74, 6) is 0. The predicted molar refractivity (Wildman–Crippen MR) is 131 cm³/mol. The Morgan fingerprint density at radius 1 is 0.710 bits per heavy atom. The van der Waals surface area contributed by atoms with Crippen molar-refractivity contribution >= 4 is 51.9 Å². The average molecular weight is 397 g/mol. The van der Waals surface area contributed by atoms with E-state index in [9.17, 15) is 0 Å². The number of hydrogen-bond acceptors (Lipinski definition) is 3. The molecule has 0 fully saturated rings. The van der Waals surface area contributed by atoms with Crippen LogP contribution in [0.15, 0.2) is 97.3 Å². The van der Waals surface area contributed by atoms with Crippen LogP contribution in [0.5, 0.6) is 0 Å². The zero-order valence-corrected chi connectivity index (χ0v) is 17.2. The largest absolute Gasteiger partial charge is 0.348 e. The Morgan fingerprint density at radius 3 is 2.16 bits per heavy atom. The summed E-state index contributed by atoms with van der Waals surface area (Å²) in [5.41, 5.74) is 5.51. The van der Waals surface area contributed by atoms with Crippen LogP contribution in [0.3, 0.4) is 0 Å². The van der Waals surface area contributed by atoms with Crippen LogP contribution in [0.1, 0.15) is 11.7 Å². The highest BCUT2D eigenvalue weighted by atomic mass is 15.4. The minimum atomic E-state index is 0.0223. The van der Waals surface area contributed by atoms with Crippen molar-refractivity contribution < 1.29 is 0 Å². The van der Waals surface area contributed by atoms with E-state index < -0.39 is 0 Å². The van der Waals surface area contributed by atoms with Gasteiger partial charge in [-0.3, -0.25) is 4.98 Å². The summed E-state index contributed by atoms with van der Waals surface area (Å²) in [4.78, 5) is 9.30. The lowest BCUT2D eigenvalue weighted by molar-refractivity contribution is 0.720. The molecule has 0 spiro atoms. The summed E-state index contributed by atoms with van der Waals surface area (Å²) in [6.07, 6.45) is 3.89. The fourth-order valence-corrected chi connectivity index (χ4v) is 4.92. The lowest BCUT2D eigenvalue weighted by Crippen LogP contribution is -2.30. The molecule has 6 rings (SSSR count). The molecule has 0 aliphatic carbocycles. The van der Waals surface area contributed by atoms with Crippen molar-refractivity contribution in [2.24, 2.45) is 0 Å². The molecule has 1 aliphatic rings. The molecule has 1 aromatic heterocycles. The van der Waals surface area contributed by atoms with Gasteiger partial charge in [-0.1, -0.05) is 72.2 Å². The first kappa shape index (κ1) is 18.0. The van der Waals surface area contributed by atoms with Gasteiger partial charge in [-0.05, 0) is 34.5 Å². The standard InChI is InChI=1S/C27H20BN3/c1-30-25-23-10-6-5-9-21(23)22-15-16-29-17-24(22)26(25)31(20-13-11-19(28)12-14-20)27(30)18-7-3-2-4-8-18/h2-17,27H,1H3. The van der Waals surface area contributed by atoms with Crippen LogP contribution in [0.4, 0.5) is 17.1 Å². The molecule has 1 aliphatic heterocycles. The molecule has 4 heteroatoms. The van der Waals surface area contributed by atoms with Crippen LogP contribution < -0.4 is 15.3 Å². The molecule has 1 atom stereocenters. The van der Waals surface area contributed by atoms with Gasteiger partial charge in [-0.25, -0.2) is 0 Å². The van der Waals surface area contributed by atoms with E-state index in [4.69, 9.17) is 7.85 Å². The van der Waals surface area contributed by atoms with Gasteiger partial charge in [0.25, 0.3) is 0 Å². The maximum atomic E-state index is 6.02. The molecular weight excluding hydrogens is 377 g/mol. The zero-order valence-electron chi connectivity index (χ0n) is 17.2. The Hall–Kier alpha value is -3.79. The summed E-state index contributed by atoms with van der Waals surface area (Å²) in [5, 5.41) is 4.86. The van der Waals surface area contributed by atoms with E-state index in [1.54, 1.807) is 0 Å². The topological polar surface area (TPSA) is 19.4 Å². The third-order valence-corrected chi connectivity index (χ3v) is 6.25. The first-order valence-electron chi connectivity index (χ1n) is 10.4. The number of pyridine rings is 1. The third-order valence-electron chi connectivity index (χ3n) is 6.25. The zero-order chi connectivity index (χ0) is 20.9. The van der Waals surface area contributed by atoms with E-state index in [-0.39, 0.29) is 6.17 Å². The molecule has 0 saturated carbocycles. The molecule has 146 valence electrons. The normalized spacial score (nSPS) is 15.6. The molecule has 2 heterocycles. The van der Waals surface area contributed by atoms with Crippen LogP contribution in [-0.2, 0) is 0 Å². The second-order valence-corrected chi connectivity index (χ2v) is 8.02. The lowest BCUT2D eigenvalue weighted by atomic mass is 9.96. The molecule has 2 radical (unpaired) electrons. The van der Waals surface area contributed by atoms with Gasteiger partial charge in [-0.2, -0.15) is 0 Å². The predicted octanol–water partition coefficient (Wildman–Crippen LogP) is 5.47. The third kappa shape index (κ3) is 2.65. The van der Waals surface area contributed by atoms with Crippen molar-refractivity contribution in [2.45, 2.75) is 6.17 Å². The van der Waals surface area contributed by atoms with Crippen molar-refractivity contribution in [3.05, 3.63) is 103 Å². The van der Waals surface area contributed by atoms with E-state index in [2.05, 4.69) is 94.6 Å². The fraction of sp³-hybridized carbons (Fsp3) is 0.0741. The van der Waals surface area contributed by atoms with Crippen molar-refractivity contribution in [1.82, 2.24) is 4.98 Å². The molecule has 0 amide bonds. The minimum absolute atomic E-state index is 0.0223. The van der Waals surface area contributed by atoms with Gasteiger partial charge < -0.3 is 9.80 Å². The molecule has 4 aromatic carbocycles. The van der Waals surface area contributed by atoms with Gasteiger partial charge in [0.15, 0.2) is 0 Å². The molecule has 3 nitrogen and oxygen atoms in total. The Kier molecular flexibility index (Phi) is 4.00. The number of fused-ring (bicyclic) bond motifs is 6. The highest BCUT2D eigenvalue weighted by Gasteiger charge is 2.38. The number of anilines is 3. The quantitative estimate of drug-likeness (QED) is 0.291. The smallest absolute Gasteiger partial charge is 0.132 e. The number of nitrogens with zero attached hydrogens (tertiary/aromatic N) is 3. The van der Waals surface area contributed by atoms with E-state index in [0.29, 0.717) is 0 Å². The van der Waals surface area contributed by atoms with Crippen molar-refractivity contribution in [3.8, 4) is 0 Å². The lowest BCUT2D eigenvalue weighted by Gasteiger charge is -2.31. The van der Waals surface area contributed by atoms with Crippen LogP contribution in [0.25, 0.3) is 21.5 Å². The second-order valence-electron chi connectivity index (χ2n) is 8.02. The first-order chi connectivity index (χ1) is 15.2. The highest BCUT2D eigenvalue weighted by molar-refractivity contribution is 6.32. The molecular formula is C27H20BN3. The van der Waals surface area contributed by atoms with Gasteiger partial charge in [0.05, 0.1) is 11.4 Å². The molecule has 0 bridgehead atoms. The summed E-state index contributed by atoms with van der Waals surface area (Å²) in [6.45, 7) is 0. The minimum Gasteiger partial charge on any atom is -0.348 e. The summed E-state index contributed by atoms with van der Waals surface area (Å²) >= 11 is 0. The summed E-state index contributed by atoms with van der Waals surface area (Å²) < 4.78 is 0. The van der Waals surface area contributed by atoms with E-state index in [0.717, 1.165) is 16.5 Å². The molecule has 31 heavy (non-hydrogen) atoms. The molecule has 5 aromatic rings. The van der Waals surface area contributed by atoms with Crippen LogP contribution in [0.2, 0.25) is 0 Å². The Morgan fingerprint density at radius 2 is 1.39 bits per heavy atom. The molecule has 0 N–H and O–H groups in total. The fourth-order valence-electron chi connectivity index (χ4n) is 4.92. The Balaban J connectivity index is 1.74. The van der Waals surface area contributed by atoms with Crippen LogP contribution >= 0.6 is 0 Å². The monoisotopic (exact) mass is 397 g/mol. The average Bonchev–Trinajstić information content (AvgIpc) is 3.14. The van der Waals surface area contributed by atoms with Crippen molar-refractivity contribution in [1.29, 1.82) is 0 Å². The highest BCUT2D eigenvalue weighted by Crippen LogP contribution is 2.55. The maximum absolute atomic E-state index is 6.02. The van der Waals surface area contributed by atoms with Gasteiger partial charge in [-0.15, -0.1) is 0 Å². The maximum Gasteiger partial charge on any atom is 0.132 e. The van der Waals surface area contributed by atoms with Crippen LogP contribution in [-0.4, -0.2) is 19.9 Å². The SMILES string of the molecule is [B]c1ccc(N2c3c(c4ccccc4c4ccncc34)N(C)C2c2ccccc2)cc1. The Labute approximate surface area is 183 Å². The van der Waals surface area contributed by atoms with E-state index in [1.165, 1.54) is 33.1 Å². The first-order valence-corrected chi connectivity index (χ1v) is 10.4. The van der Waals surface area contributed by atoms with Crippen molar-refractivity contribution in [2.75, 3.05) is 16.8 Å². The number of hydrogen-bond donors (Lipinski definition) is 0. The second kappa shape index (κ2) is 6.88. The van der Waals surface area contributed by atoms with Gasteiger partial charge in [0.2, 0.25) is 0 Å². The van der Waals surface area contributed by atoms with Gasteiger partial charge in [0, 0.05) is 35.9 Å².